The van der Waals surface area contributed by atoms with Gasteiger partial charge < -0.3 is 19.3 Å². The van der Waals surface area contributed by atoms with Crippen molar-refractivity contribution >= 4 is 55.7 Å². The Labute approximate surface area is 259 Å². The normalized spacial score (nSPS) is 16.2. The van der Waals surface area contributed by atoms with Crippen molar-refractivity contribution in [3.63, 3.8) is 0 Å². The van der Waals surface area contributed by atoms with Gasteiger partial charge in [-0.3, -0.25) is 14.5 Å². The van der Waals surface area contributed by atoms with Gasteiger partial charge in [-0.1, -0.05) is 55.7 Å². The van der Waals surface area contributed by atoms with Gasteiger partial charge in [0.25, 0.3) is 5.78 Å². The Balaban J connectivity index is 1.62. The first-order chi connectivity index (χ1) is 20.9. The van der Waals surface area contributed by atoms with Crippen molar-refractivity contribution in [1.29, 1.82) is 0 Å². The Morgan fingerprint density at radius 1 is 0.953 bits per heavy atom. The predicted octanol–water partition coefficient (Wildman–Crippen LogP) is 7.94. The number of Topliss-reactive ketones (excluding diaryl/α,β-unsaturated/α-hetero) is 1. The first-order valence-electron chi connectivity index (χ1n) is 14.3. The summed E-state index contributed by atoms with van der Waals surface area (Å²) < 4.78 is 18.0. The van der Waals surface area contributed by atoms with E-state index in [0.29, 0.717) is 57.3 Å². The Hall–Kier alpha value is -4.08. The molecule has 1 amide bonds. The number of rotatable bonds is 12. The van der Waals surface area contributed by atoms with Crippen LogP contribution in [0.1, 0.15) is 56.7 Å². The number of thiazole rings is 1. The SMILES string of the molecule is CCCCCOc1ccc(C2/C(=C(\O)c3ccc(OCCC)cc3)C(=O)C(=O)N2c2nc3ccc(Cl)cc3s2)cc1OC. The summed E-state index contributed by atoms with van der Waals surface area (Å²) in [6, 6.07) is 16.3. The van der Waals surface area contributed by atoms with E-state index in [4.69, 9.17) is 25.8 Å². The Morgan fingerprint density at radius 2 is 1.74 bits per heavy atom. The molecule has 4 aromatic rings. The number of aliphatic hydroxyl groups excluding tert-OH is 1. The molecular formula is C33H33ClN2O6S. The number of hydrogen-bond donors (Lipinski definition) is 1. The van der Waals surface area contributed by atoms with E-state index < -0.39 is 17.7 Å². The van der Waals surface area contributed by atoms with E-state index in [1.165, 1.54) is 23.3 Å². The minimum atomic E-state index is -0.977. The van der Waals surface area contributed by atoms with Crippen molar-refractivity contribution < 1.29 is 28.9 Å². The third-order valence-electron chi connectivity index (χ3n) is 7.10. The van der Waals surface area contributed by atoms with Crippen LogP contribution < -0.4 is 19.1 Å². The molecule has 1 aliphatic rings. The van der Waals surface area contributed by atoms with Crippen molar-refractivity contribution in [2.45, 2.75) is 45.6 Å². The van der Waals surface area contributed by atoms with E-state index in [2.05, 4.69) is 11.9 Å². The number of unbranched alkanes of at least 4 members (excludes halogenated alkanes) is 2. The summed E-state index contributed by atoms with van der Waals surface area (Å²) in [6.07, 6.45) is 3.89. The third kappa shape index (κ3) is 6.33. The minimum absolute atomic E-state index is 0.0526. The van der Waals surface area contributed by atoms with Gasteiger partial charge in [0.05, 0.1) is 42.2 Å². The van der Waals surface area contributed by atoms with Gasteiger partial charge in [-0.2, -0.15) is 0 Å². The second-order valence-corrected chi connectivity index (χ2v) is 11.6. The maximum atomic E-state index is 13.7. The Morgan fingerprint density at radius 3 is 2.47 bits per heavy atom. The summed E-state index contributed by atoms with van der Waals surface area (Å²) in [5.41, 5.74) is 1.52. The molecule has 0 radical (unpaired) electrons. The van der Waals surface area contributed by atoms with Crippen LogP contribution in [0.25, 0.3) is 16.0 Å². The molecule has 3 aromatic carbocycles. The van der Waals surface area contributed by atoms with Gasteiger partial charge in [0.2, 0.25) is 0 Å². The summed E-state index contributed by atoms with van der Waals surface area (Å²) in [5, 5.41) is 12.4. The van der Waals surface area contributed by atoms with Crippen LogP contribution in [0.2, 0.25) is 5.02 Å². The number of halogens is 1. The molecule has 0 saturated carbocycles. The number of ether oxygens (including phenoxy) is 3. The lowest BCUT2D eigenvalue weighted by molar-refractivity contribution is -0.132. The second-order valence-electron chi connectivity index (χ2n) is 10.1. The van der Waals surface area contributed by atoms with E-state index in [0.717, 1.165) is 30.4 Å². The number of ketones is 1. The van der Waals surface area contributed by atoms with Crippen LogP contribution >= 0.6 is 22.9 Å². The molecule has 10 heteroatoms. The maximum absolute atomic E-state index is 13.7. The first-order valence-corrected chi connectivity index (χ1v) is 15.5. The number of aliphatic hydroxyl groups is 1. The summed E-state index contributed by atoms with van der Waals surface area (Å²) >= 11 is 7.45. The summed E-state index contributed by atoms with van der Waals surface area (Å²) in [4.78, 5) is 33.3. The lowest BCUT2D eigenvalue weighted by Gasteiger charge is -2.24. The van der Waals surface area contributed by atoms with Crippen LogP contribution in [0.3, 0.4) is 0 Å². The number of aromatic nitrogens is 1. The van der Waals surface area contributed by atoms with Crippen molar-refractivity contribution in [3.8, 4) is 17.2 Å². The standard InChI is InChI=1S/C33H33ClN2O6S/c1-4-6-7-17-42-25-15-10-21(18-26(25)40-3)29-28(30(37)20-8-12-23(13-9-20)41-16-5-2)31(38)32(39)36(29)33-35-24-14-11-22(34)19-27(24)43-33/h8-15,18-19,29,37H,4-7,16-17H2,1-3H3/b30-28+. The lowest BCUT2D eigenvalue weighted by atomic mass is 9.95. The van der Waals surface area contributed by atoms with Crippen molar-refractivity contribution in [3.05, 3.63) is 82.4 Å². The average molecular weight is 621 g/mol. The molecule has 1 saturated heterocycles. The van der Waals surface area contributed by atoms with Crippen LogP contribution in [0.15, 0.2) is 66.2 Å². The zero-order chi connectivity index (χ0) is 30.5. The molecule has 224 valence electrons. The lowest BCUT2D eigenvalue weighted by Crippen LogP contribution is -2.29. The number of methoxy groups -OCH3 is 1. The van der Waals surface area contributed by atoms with Gasteiger partial charge in [0, 0.05) is 10.6 Å². The number of amides is 1. The molecule has 2 heterocycles. The molecule has 1 fully saturated rings. The molecule has 1 aliphatic heterocycles. The number of nitrogens with zero attached hydrogens (tertiary/aromatic N) is 2. The second kappa shape index (κ2) is 13.5. The summed E-state index contributed by atoms with van der Waals surface area (Å²) in [5.74, 6) is -0.258. The predicted molar refractivity (Wildman–Crippen MR) is 170 cm³/mol. The highest BCUT2D eigenvalue weighted by atomic mass is 35.5. The van der Waals surface area contributed by atoms with Crippen molar-refractivity contribution in [2.24, 2.45) is 0 Å². The van der Waals surface area contributed by atoms with E-state index in [1.54, 1.807) is 60.7 Å². The van der Waals surface area contributed by atoms with Crippen LogP contribution in [0, 0.1) is 0 Å². The molecule has 1 atom stereocenters. The quantitative estimate of drug-likeness (QED) is 0.0743. The molecule has 1 aromatic heterocycles. The van der Waals surface area contributed by atoms with Crippen molar-refractivity contribution in [2.75, 3.05) is 25.2 Å². The molecule has 0 spiro atoms. The third-order valence-corrected chi connectivity index (χ3v) is 8.35. The fraction of sp³-hybridized carbons (Fsp3) is 0.303. The van der Waals surface area contributed by atoms with Crippen LogP contribution in [-0.2, 0) is 9.59 Å². The molecule has 0 aliphatic carbocycles. The fourth-order valence-corrected chi connectivity index (χ4v) is 6.19. The van der Waals surface area contributed by atoms with Gasteiger partial charge in [-0.15, -0.1) is 0 Å². The number of anilines is 1. The highest BCUT2D eigenvalue weighted by Crippen LogP contribution is 2.46. The number of carbonyl (C=O) groups is 2. The molecule has 5 rings (SSSR count). The number of fused-ring (bicyclic) bond motifs is 1. The topological polar surface area (TPSA) is 98.2 Å². The molecule has 0 bridgehead atoms. The van der Waals surface area contributed by atoms with E-state index in [9.17, 15) is 14.7 Å². The van der Waals surface area contributed by atoms with E-state index in [1.807, 2.05) is 6.92 Å². The average Bonchev–Trinajstić information content (AvgIpc) is 3.55. The maximum Gasteiger partial charge on any atom is 0.301 e. The van der Waals surface area contributed by atoms with E-state index >= 15 is 0 Å². The minimum Gasteiger partial charge on any atom is -0.507 e. The fourth-order valence-electron chi connectivity index (χ4n) is 4.93. The molecule has 1 unspecified atom stereocenters. The molecule has 8 nitrogen and oxygen atoms in total. The Bertz CT molecular complexity index is 1670. The number of hydrogen-bond acceptors (Lipinski definition) is 8. The number of carbonyl (C=O) groups excluding carboxylic acids is 2. The van der Waals surface area contributed by atoms with Crippen LogP contribution in [0.5, 0.6) is 17.2 Å². The van der Waals surface area contributed by atoms with Crippen LogP contribution in [-0.4, -0.2) is 42.1 Å². The van der Waals surface area contributed by atoms with Gasteiger partial charge in [-0.25, -0.2) is 4.98 Å². The monoisotopic (exact) mass is 620 g/mol. The largest absolute Gasteiger partial charge is 0.507 e. The summed E-state index contributed by atoms with van der Waals surface area (Å²) in [6.45, 7) is 5.23. The smallest absolute Gasteiger partial charge is 0.301 e. The van der Waals surface area contributed by atoms with Gasteiger partial charge in [-0.05, 0) is 73.0 Å². The van der Waals surface area contributed by atoms with Crippen LogP contribution in [0.4, 0.5) is 5.13 Å². The van der Waals surface area contributed by atoms with Crippen molar-refractivity contribution in [1.82, 2.24) is 4.98 Å². The highest BCUT2D eigenvalue weighted by Gasteiger charge is 2.48. The highest BCUT2D eigenvalue weighted by molar-refractivity contribution is 7.22. The molecule has 1 N–H and O–H groups in total. The van der Waals surface area contributed by atoms with E-state index in [-0.39, 0.29) is 11.3 Å². The molecule has 43 heavy (non-hydrogen) atoms. The van der Waals surface area contributed by atoms with Gasteiger partial charge in [0.1, 0.15) is 11.5 Å². The molecular weight excluding hydrogens is 588 g/mol. The Kier molecular flexibility index (Phi) is 9.52. The number of benzene rings is 3. The zero-order valence-electron chi connectivity index (χ0n) is 24.3. The van der Waals surface area contributed by atoms with Gasteiger partial charge >= 0.3 is 5.91 Å². The zero-order valence-corrected chi connectivity index (χ0v) is 25.8. The van der Waals surface area contributed by atoms with Gasteiger partial charge in [0.15, 0.2) is 16.6 Å². The summed E-state index contributed by atoms with van der Waals surface area (Å²) in [7, 11) is 1.54. The first kappa shape index (κ1) is 30.4.